The summed E-state index contributed by atoms with van der Waals surface area (Å²) in [5, 5.41) is 3.25. The van der Waals surface area contributed by atoms with Gasteiger partial charge in [-0.15, -0.1) is 12.4 Å². The van der Waals surface area contributed by atoms with Crippen molar-refractivity contribution in [2.45, 2.75) is 70.8 Å². The zero-order chi connectivity index (χ0) is 13.9. The molecule has 3 N–H and O–H groups in total. The number of nitrogens with one attached hydrogen (secondary N) is 1. The third-order valence-corrected chi connectivity index (χ3v) is 5.56. The highest BCUT2D eigenvalue weighted by Gasteiger charge is 2.48. The summed E-state index contributed by atoms with van der Waals surface area (Å²) < 4.78 is 0. The molecule has 118 valence electrons. The van der Waals surface area contributed by atoms with Gasteiger partial charge in [-0.25, -0.2) is 0 Å². The summed E-state index contributed by atoms with van der Waals surface area (Å²) in [6.07, 6.45) is 9.78. The van der Waals surface area contributed by atoms with E-state index in [0.717, 1.165) is 25.2 Å². The summed E-state index contributed by atoms with van der Waals surface area (Å²) in [5.74, 6) is 2.04. The van der Waals surface area contributed by atoms with Gasteiger partial charge in [-0.05, 0) is 31.1 Å². The van der Waals surface area contributed by atoms with Gasteiger partial charge in [0, 0.05) is 12.5 Å². The van der Waals surface area contributed by atoms with Gasteiger partial charge < -0.3 is 11.1 Å². The first-order chi connectivity index (χ1) is 9.15. The number of halogens is 1. The zero-order valence-electron chi connectivity index (χ0n) is 13.0. The Hall–Kier alpha value is -0.280. The summed E-state index contributed by atoms with van der Waals surface area (Å²) in [7, 11) is 0. The molecule has 2 fully saturated rings. The highest BCUT2D eigenvalue weighted by atomic mass is 35.5. The molecule has 2 aliphatic carbocycles. The lowest BCUT2D eigenvalue weighted by molar-refractivity contribution is -0.124. The van der Waals surface area contributed by atoms with E-state index in [-0.39, 0.29) is 29.8 Å². The molecule has 0 spiro atoms. The summed E-state index contributed by atoms with van der Waals surface area (Å²) in [5.41, 5.74) is 5.69. The largest absolute Gasteiger partial charge is 0.349 e. The lowest BCUT2D eigenvalue weighted by Gasteiger charge is -2.32. The Morgan fingerprint density at radius 3 is 2.30 bits per heavy atom. The minimum atomic E-state index is -0.170. The van der Waals surface area contributed by atoms with Crippen LogP contribution in [0.1, 0.15) is 65.2 Å². The summed E-state index contributed by atoms with van der Waals surface area (Å²) >= 11 is 0. The highest BCUT2D eigenvalue weighted by Crippen LogP contribution is 2.49. The molecule has 2 saturated carbocycles. The molecule has 1 amide bonds. The molecule has 3 nitrogen and oxygen atoms in total. The molecule has 2 rings (SSSR count). The van der Waals surface area contributed by atoms with Crippen LogP contribution in [0.3, 0.4) is 0 Å². The van der Waals surface area contributed by atoms with Crippen LogP contribution in [0.2, 0.25) is 0 Å². The number of rotatable bonds is 6. The second-order valence-electron chi connectivity index (χ2n) is 6.58. The van der Waals surface area contributed by atoms with Crippen LogP contribution >= 0.6 is 12.4 Å². The molecule has 2 atom stereocenters. The lowest BCUT2D eigenvalue weighted by atomic mass is 9.85. The molecule has 0 aromatic rings. The maximum absolute atomic E-state index is 12.4. The van der Waals surface area contributed by atoms with E-state index in [4.69, 9.17) is 5.73 Å². The Bertz CT molecular complexity index is 303. The fraction of sp³-hybridized carbons (Fsp3) is 0.938. The smallest absolute Gasteiger partial charge is 0.223 e. The molecule has 0 bridgehead atoms. The second kappa shape index (κ2) is 7.65. The van der Waals surface area contributed by atoms with E-state index in [0.29, 0.717) is 12.5 Å². The topological polar surface area (TPSA) is 55.1 Å². The van der Waals surface area contributed by atoms with E-state index in [1.807, 2.05) is 0 Å². The number of hydrogen-bond donors (Lipinski definition) is 2. The van der Waals surface area contributed by atoms with Crippen molar-refractivity contribution in [3.63, 3.8) is 0 Å². The maximum atomic E-state index is 12.4. The van der Waals surface area contributed by atoms with E-state index in [1.165, 1.54) is 32.1 Å². The molecule has 2 unspecified atom stereocenters. The van der Waals surface area contributed by atoms with Gasteiger partial charge in [0.15, 0.2) is 0 Å². The van der Waals surface area contributed by atoms with Crippen LogP contribution in [-0.4, -0.2) is 18.0 Å². The molecule has 0 aromatic heterocycles. The zero-order valence-corrected chi connectivity index (χ0v) is 13.8. The monoisotopic (exact) mass is 302 g/mol. The minimum Gasteiger partial charge on any atom is -0.349 e. The van der Waals surface area contributed by atoms with Gasteiger partial charge in [-0.3, -0.25) is 4.79 Å². The number of nitrogens with two attached hydrogens (primary N) is 1. The van der Waals surface area contributed by atoms with Crippen LogP contribution < -0.4 is 11.1 Å². The van der Waals surface area contributed by atoms with Crippen molar-refractivity contribution in [3.8, 4) is 0 Å². The van der Waals surface area contributed by atoms with Gasteiger partial charge in [0.25, 0.3) is 0 Å². The normalized spacial score (nSPS) is 26.8. The van der Waals surface area contributed by atoms with Gasteiger partial charge in [-0.1, -0.05) is 46.0 Å². The minimum absolute atomic E-state index is 0. The Morgan fingerprint density at radius 1 is 1.20 bits per heavy atom. The van der Waals surface area contributed by atoms with E-state index in [2.05, 4.69) is 19.2 Å². The number of amides is 1. The first kappa shape index (κ1) is 17.8. The first-order valence-electron chi connectivity index (χ1n) is 8.18. The fourth-order valence-electron chi connectivity index (χ4n) is 3.72. The van der Waals surface area contributed by atoms with Crippen LogP contribution in [0.25, 0.3) is 0 Å². The molecule has 0 aromatic carbocycles. The molecule has 20 heavy (non-hydrogen) atoms. The highest BCUT2D eigenvalue weighted by molar-refractivity contribution is 5.85. The van der Waals surface area contributed by atoms with Crippen LogP contribution in [-0.2, 0) is 4.79 Å². The summed E-state index contributed by atoms with van der Waals surface area (Å²) in [6.45, 7) is 4.77. The van der Waals surface area contributed by atoms with Gasteiger partial charge in [0.05, 0.1) is 5.54 Å². The second-order valence-corrected chi connectivity index (χ2v) is 6.58. The van der Waals surface area contributed by atoms with Crippen LogP contribution in [0.4, 0.5) is 0 Å². The van der Waals surface area contributed by atoms with Crippen LogP contribution in [0.15, 0.2) is 0 Å². The average molecular weight is 303 g/mol. The summed E-state index contributed by atoms with van der Waals surface area (Å²) in [6, 6.07) is 0. The van der Waals surface area contributed by atoms with Crippen molar-refractivity contribution in [1.29, 1.82) is 0 Å². The fourth-order valence-corrected chi connectivity index (χ4v) is 3.72. The molecule has 0 heterocycles. The van der Waals surface area contributed by atoms with Crippen molar-refractivity contribution in [2.24, 2.45) is 23.5 Å². The van der Waals surface area contributed by atoms with Crippen molar-refractivity contribution in [1.82, 2.24) is 5.32 Å². The number of carbonyl (C=O) groups is 1. The Kier molecular flexibility index (Phi) is 6.80. The van der Waals surface area contributed by atoms with Crippen molar-refractivity contribution >= 4 is 18.3 Å². The average Bonchev–Trinajstić information content (AvgIpc) is 3.26. The Balaban J connectivity index is 0.00000200. The van der Waals surface area contributed by atoms with E-state index >= 15 is 0 Å². The van der Waals surface area contributed by atoms with Gasteiger partial charge in [-0.2, -0.15) is 0 Å². The van der Waals surface area contributed by atoms with Gasteiger partial charge in [0.2, 0.25) is 5.91 Å². The third kappa shape index (κ3) is 3.88. The van der Waals surface area contributed by atoms with E-state index in [9.17, 15) is 4.79 Å². The maximum Gasteiger partial charge on any atom is 0.223 e. The SMILES string of the molecule is CCC(CC)(CN)NC(=O)C1CC1C1CCCCC1.Cl. The number of hydrogen-bond acceptors (Lipinski definition) is 2. The number of carbonyl (C=O) groups excluding carboxylic acids is 1. The summed E-state index contributed by atoms with van der Waals surface area (Å²) in [4.78, 5) is 12.4. The van der Waals surface area contributed by atoms with Gasteiger partial charge in [0.1, 0.15) is 0 Å². The molecular formula is C16H31ClN2O. The Labute approximate surface area is 129 Å². The van der Waals surface area contributed by atoms with Gasteiger partial charge >= 0.3 is 0 Å². The standard InChI is InChI=1S/C16H30N2O.ClH/c1-3-16(4-2,11-17)18-15(19)14-10-13(14)12-8-6-5-7-9-12;/h12-14H,3-11,17H2,1-2H3,(H,18,19);1H. The molecule has 0 saturated heterocycles. The third-order valence-electron chi connectivity index (χ3n) is 5.56. The first-order valence-corrected chi connectivity index (χ1v) is 8.18. The van der Waals surface area contributed by atoms with Crippen molar-refractivity contribution < 1.29 is 4.79 Å². The molecule has 2 aliphatic rings. The Morgan fingerprint density at radius 2 is 1.80 bits per heavy atom. The van der Waals surface area contributed by atoms with Crippen LogP contribution in [0, 0.1) is 17.8 Å². The predicted octanol–water partition coefficient (Wildman–Crippen LogP) is 3.26. The molecular weight excluding hydrogens is 272 g/mol. The molecule has 0 radical (unpaired) electrons. The lowest BCUT2D eigenvalue weighted by Crippen LogP contribution is -2.53. The van der Waals surface area contributed by atoms with Crippen molar-refractivity contribution in [3.05, 3.63) is 0 Å². The predicted molar refractivity (Wildman–Crippen MR) is 85.9 cm³/mol. The van der Waals surface area contributed by atoms with Crippen molar-refractivity contribution in [2.75, 3.05) is 6.54 Å². The van der Waals surface area contributed by atoms with E-state index < -0.39 is 0 Å². The molecule has 0 aliphatic heterocycles. The molecule has 4 heteroatoms. The quantitative estimate of drug-likeness (QED) is 0.791. The van der Waals surface area contributed by atoms with E-state index in [1.54, 1.807) is 0 Å². The van der Waals surface area contributed by atoms with Crippen LogP contribution in [0.5, 0.6) is 0 Å².